The largest absolute Gasteiger partial charge is 0.476 e. The molecule has 0 bridgehead atoms. The highest BCUT2D eigenvalue weighted by molar-refractivity contribution is 5.86. The molecule has 19 heavy (non-hydrogen) atoms. The summed E-state index contributed by atoms with van der Waals surface area (Å²) < 4.78 is 51.1. The normalized spacial score (nSPS) is 11.6. The minimum absolute atomic E-state index is 0.307. The lowest BCUT2D eigenvalue weighted by Gasteiger charge is -2.02. The van der Waals surface area contributed by atoms with Crippen molar-refractivity contribution in [1.82, 2.24) is 15.0 Å². The molecule has 2 rings (SSSR count). The maximum atomic E-state index is 13.4. The van der Waals surface area contributed by atoms with Crippen molar-refractivity contribution in [2.45, 2.75) is 6.18 Å². The minimum atomic E-state index is -4.99. The predicted octanol–water partition coefficient (Wildman–Crippen LogP) is 2.12. The number of nitrogens with zero attached hydrogens (tertiary/aromatic N) is 3. The quantitative estimate of drug-likeness (QED) is 0.852. The zero-order valence-corrected chi connectivity index (χ0v) is 9.02. The number of hydrogen-bond acceptors (Lipinski definition) is 3. The van der Waals surface area contributed by atoms with Crippen LogP contribution in [0.25, 0.3) is 5.69 Å². The molecule has 0 fully saturated rings. The second kappa shape index (κ2) is 4.34. The van der Waals surface area contributed by atoms with Gasteiger partial charge in [-0.1, -0.05) is 12.1 Å². The Kier molecular flexibility index (Phi) is 2.97. The second-order valence-electron chi connectivity index (χ2n) is 3.44. The molecule has 0 atom stereocenters. The molecule has 0 unspecified atom stereocenters. The van der Waals surface area contributed by atoms with Crippen molar-refractivity contribution in [3.8, 4) is 5.69 Å². The summed E-state index contributed by atoms with van der Waals surface area (Å²) in [6, 6.07) is 4.80. The number of rotatable bonds is 2. The Hall–Kier alpha value is -2.45. The van der Waals surface area contributed by atoms with Crippen molar-refractivity contribution in [2.24, 2.45) is 0 Å². The smallest absolute Gasteiger partial charge is 0.437 e. The van der Waals surface area contributed by atoms with Gasteiger partial charge in [0.15, 0.2) is 5.82 Å². The van der Waals surface area contributed by atoms with Gasteiger partial charge in [-0.15, -0.1) is 15.0 Å². The SMILES string of the molecule is O=C(O)c1nn(-c2ccccc2F)nc1C(F)(F)F. The van der Waals surface area contributed by atoms with Gasteiger partial charge in [0.05, 0.1) is 0 Å². The third-order valence-corrected chi connectivity index (χ3v) is 2.15. The number of aromatic carboxylic acids is 1. The third kappa shape index (κ3) is 2.39. The Morgan fingerprint density at radius 3 is 2.32 bits per heavy atom. The van der Waals surface area contributed by atoms with Gasteiger partial charge in [-0.2, -0.15) is 13.2 Å². The molecule has 100 valence electrons. The first-order chi connectivity index (χ1) is 8.80. The summed E-state index contributed by atoms with van der Waals surface area (Å²) in [5.74, 6) is -2.77. The zero-order valence-electron chi connectivity index (χ0n) is 9.02. The Labute approximate surface area is 103 Å². The number of benzene rings is 1. The van der Waals surface area contributed by atoms with Crippen LogP contribution in [0.15, 0.2) is 24.3 Å². The number of carbonyl (C=O) groups is 1. The summed E-state index contributed by atoms with van der Waals surface area (Å²) in [6.07, 6.45) is -4.99. The second-order valence-corrected chi connectivity index (χ2v) is 3.44. The van der Waals surface area contributed by atoms with E-state index in [2.05, 4.69) is 10.2 Å². The van der Waals surface area contributed by atoms with Crippen LogP contribution in [0.1, 0.15) is 16.2 Å². The lowest BCUT2D eigenvalue weighted by molar-refractivity contribution is -0.141. The Morgan fingerprint density at radius 1 is 1.21 bits per heavy atom. The number of aromatic nitrogens is 3. The van der Waals surface area contributed by atoms with Crippen LogP contribution in [-0.4, -0.2) is 26.1 Å². The van der Waals surface area contributed by atoms with E-state index >= 15 is 0 Å². The monoisotopic (exact) mass is 275 g/mol. The highest BCUT2D eigenvalue weighted by Gasteiger charge is 2.41. The molecule has 0 aliphatic rings. The van der Waals surface area contributed by atoms with Crippen molar-refractivity contribution in [3.05, 3.63) is 41.5 Å². The van der Waals surface area contributed by atoms with E-state index in [1.54, 1.807) is 0 Å². The van der Waals surface area contributed by atoms with E-state index in [1.165, 1.54) is 12.1 Å². The molecule has 0 saturated carbocycles. The van der Waals surface area contributed by atoms with Crippen molar-refractivity contribution >= 4 is 5.97 Å². The standard InChI is InChI=1S/C10H5F4N3O2/c11-5-3-1-2-4-6(5)17-15-7(9(18)19)8(16-17)10(12,13)14/h1-4H,(H,18,19). The molecule has 0 radical (unpaired) electrons. The van der Waals surface area contributed by atoms with Crippen LogP contribution in [0, 0.1) is 5.82 Å². The molecular weight excluding hydrogens is 270 g/mol. The van der Waals surface area contributed by atoms with Gasteiger partial charge in [-0.3, -0.25) is 0 Å². The molecule has 0 amide bonds. The van der Waals surface area contributed by atoms with E-state index in [4.69, 9.17) is 5.11 Å². The summed E-state index contributed by atoms with van der Waals surface area (Å²) in [5, 5.41) is 14.8. The van der Waals surface area contributed by atoms with Crippen LogP contribution in [0.4, 0.5) is 17.6 Å². The van der Waals surface area contributed by atoms with Crippen molar-refractivity contribution in [3.63, 3.8) is 0 Å². The molecule has 0 spiro atoms. The Morgan fingerprint density at radius 2 is 1.84 bits per heavy atom. The van der Waals surface area contributed by atoms with Crippen molar-refractivity contribution in [2.75, 3.05) is 0 Å². The first kappa shape index (κ1) is 13.0. The van der Waals surface area contributed by atoms with Gasteiger partial charge >= 0.3 is 12.1 Å². The lowest BCUT2D eigenvalue weighted by Crippen LogP contribution is -2.12. The van der Waals surface area contributed by atoms with Gasteiger partial charge in [0.1, 0.15) is 5.69 Å². The maximum Gasteiger partial charge on any atom is 0.437 e. The number of carboxylic acid groups (broad SMARTS) is 1. The van der Waals surface area contributed by atoms with Gasteiger partial charge in [0.25, 0.3) is 0 Å². The fraction of sp³-hybridized carbons (Fsp3) is 0.100. The molecule has 5 nitrogen and oxygen atoms in total. The fourth-order valence-corrected chi connectivity index (χ4v) is 1.36. The summed E-state index contributed by atoms with van der Waals surface area (Å²) in [5.41, 5.74) is -3.33. The third-order valence-electron chi connectivity index (χ3n) is 2.15. The van der Waals surface area contributed by atoms with Gasteiger partial charge in [0, 0.05) is 0 Å². The average molecular weight is 275 g/mol. The molecule has 0 aliphatic carbocycles. The van der Waals surface area contributed by atoms with E-state index in [-0.39, 0.29) is 5.69 Å². The molecule has 1 aromatic heterocycles. The van der Waals surface area contributed by atoms with E-state index in [9.17, 15) is 22.4 Å². The molecule has 2 aromatic rings. The number of hydrogen-bond donors (Lipinski definition) is 1. The van der Waals surface area contributed by atoms with Gasteiger partial charge in [-0.05, 0) is 12.1 Å². The van der Waals surface area contributed by atoms with Crippen LogP contribution < -0.4 is 0 Å². The molecule has 9 heteroatoms. The summed E-state index contributed by atoms with van der Waals surface area (Å²) in [7, 11) is 0. The molecule has 1 heterocycles. The number of para-hydroxylation sites is 1. The zero-order chi connectivity index (χ0) is 14.2. The molecule has 0 aliphatic heterocycles. The van der Waals surface area contributed by atoms with Crippen LogP contribution in [0.3, 0.4) is 0 Å². The topological polar surface area (TPSA) is 68.0 Å². The minimum Gasteiger partial charge on any atom is -0.476 e. The lowest BCUT2D eigenvalue weighted by atomic mass is 10.3. The van der Waals surface area contributed by atoms with E-state index in [0.29, 0.717) is 4.80 Å². The molecule has 1 aromatic carbocycles. The predicted molar refractivity (Wildman–Crippen MR) is 53.3 cm³/mol. The number of carboxylic acids is 1. The van der Waals surface area contributed by atoms with Crippen LogP contribution in [-0.2, 0) is 6.18 Å². The summed E-state index contributed by atoms with van der Waals surface area (Å²) in [6.45, 7) is 0. The van der Waals surface area contributed by atoms with E-state index in [1.807, 2.05) is 0 Å². The van der Waals surface area contributed by atoms with Crippen LogP contribution in [0.5, 0.6) is 0 Å². The van der Waals surface area contributed by atoms with Gasteiger partial charge < -0.3 is 5.11 Å². The van der Waals surface area contributed by atoms with Gasteiger partial charge in [0.2, 0.25) is 11.4 Å². The van der Waals surface area contributed by atoms with E-state index < -0.39 is 29.4 Å². The first-order valence-corrected chi connectivity index (χ1v) is 4.83. The molecular formula is C10H5F4N3O2. The summed E-state index contributed by atoms with van der Waals surface area (Å²) >= 11 is 0. The van der Waals surface area contributed by atoms with E-state index in [0.717, 1.165) is 12.1 Å². The van der Waals surface area contributed by atoms with Crippen LogP contribution >= 0.6 is 0 Å². The summed E-state index contributed by atoms with van der Waals surface area (Å²) in [4.78, 5) is 11.0. The number of halogens is 4. The average Bonchev–Trinajstić information content (AvgIpc) is 2.74. The Balaban J connectivity index is 2.62. The van der Waals surface area contributed by atoms with Gasteiger partial charge in [-0.25, -0.2) is 9.18 Å². The van der Waals surface area contributed by atoms with Crippen LogP contribution in [0.2, 0.25) is 0 Å². The highest BCUT2D eigenvalue weighted by Crippen LogP contribution is 2.30. The molecule has 0 saturated heterocycles. The van der Waals surface area contributed by atoms with Crippen molar-refractivity contribution in [1.29, 1.82) is 0 Å². The number of alkyl halides is 3. The first-order valence-electron chi connectivity index (χ1n) is 4.83. The fourth-order valence-electron chi connectivity index (χ4n) is 1.36. The van der Waals surface area contributed by atoms with Crippen molar-refractivity contribution < 1.29 is 27.5 Å². The Bertz CT molecular complexity index is 636. The molecule has 1 N–H and O–H groups in total. The maximum absolute atomic E-state index is 13.4. The highest BCUT2D eigenvalue weighted by atomic mass is 19.4.